The number of methoxy groups -OCH3 is 1. The van der Waals surface area contributed by atoms with Crippen molar-refractivity contribution >= 4 is 5.97 Å². The first-order valence-corrected chi connectivity index (χ1v) is 6.39. The molecule has 4 bridgehead atoms. The van der Waals surface area contributed by atoms with Gasteiger partial charge in [-0.1, -0.05) is 0 Å². The van der Waals surface area contributed by atoms with Gasteiger partial charge in [0.2, 0.25) is 0 Å². The van der Waals surface area contributed by atoms with Gasteiger partial charge in [-0.15, -0.1) is 0 Å². The summed E-state index contributed by atoms with van der Waals surface area (Å²) >= 11 is 0. The Balaban J connectivity index is 1.76. The zero-order valence-electron chi connectivity index (χ0n) is 9.82. The van der Waals surface area contributed by atoms with Gasteiger partial charge in [-0.25, -0.2) is 0 Å². The average molecular weight is 224 g/mol. The molecule has 3 atom stereocenters. The molecular formula is C13H20O3. The van der Waals surface area contributed by atoms with Crippen LogP contribution in [0.2, 0.25) is 0 Å². The lowest BCUT2D eigenvalue weighted by atomic mass is 9.71. The van der Waals surface area contributed by atoms with Crippen LogP contribution in [-0.4, -0.2) is 24.3 Å². The van der Waals surface area contributed by atoms with Crippen molar-refractivity contribution in [3.63, 3.8) is 0 Å². The van der Waals surface area contributed by atoms with Gasteiger partial charge in [-0.2, -0.15) is 0 Å². The summed E-state index contributed by atoms with van der Waals surface area (Å²) in [5.41, 5.74) is 0.0712. The summed E-state index contributed by atoms with van der Waals surface area (Å²) in [6.07, 6.45) is 5.94. The van der Waals surface area contributed by atoms with E-state index in [0.29, 0.717) is 5.92 Å². The minimum Gasteiger partial charge on any atom is -0.469 e. The third kappa shape index (κ3) is 1.33. The molecule has 4 rings (SSSR count). The summed E-state index contributed by atoms with van der Waals surface area (Å²) in [6, 6.07) is 0. The van der Waals surface area contributed by atoms with Crippen LogP contribution in [-0.2, 0) is 9.53 Å². The van der Waals surface area contributed by atoms with Gasteiger partial charge in [-0.05, 0) is 49.9 Å². The number of hydrogen-bond donors (Lipinski definition) is 1. The predicted octanol–water partition coefficient (Wildman–Crippen LogP) is 1.74. The van der Waals surface area contributed by atoms with E-state index in [1.54, 1.807) is 0 Å². The molecule has 4 fully saturated rings. The monoisotopic (exact) mass is 224 g/mol. The molecule has 0 aromatic rings. The standard InChI is InChI=1S/C13H20O3/c1-16-12(15)5-11(14)13-6-8-2-9(7-13)4-10(13)3-8/h8-11,14H,2-7H2,1H3/t8?,9?,10?,11-,13?/m1/s1. The Labute approximate surface area is 96.2 Å². The van der Waals surface area contributed by atoms with Crippen LogP contribution in [0.25, 0.3) is 0 Å². The highest BCUT2D eigenvalue weighted by molar-refractivity contribution is 5.69. The lowest BCUT2D eigenvalue weighted by Gasteiger charge is -2.36. The number of aliphatic hydroxyl groups excluding tert-OH is 1. The summed E-state index contributed by atoms with van der Waals surface area (Å²) in [6.45, 7) is 0. The number of esters is 1. The van der Waals surface area contributed by atoms with E-state index in [1.165, 1.54) is 26.4 Å². The molecule has 2 unspecified atom stereocenters. The normalized spacial score (nSPS) is 46.0. The fraction of sp³-hybridized carbons (Fsp3) is 0.923. The molecule has 1 N–H and O–H groups in total. The molecule has 4 saturated carbocycles. The van der Waals surface area contributed by atoms with Gasteiger partial charge < -0.3 is 9.84 Å². The van der Waals surface area contributed by atoms with Crippen molar-refractivity contribution in [2.45, 2.75) is 44.6 Å². The number of carbonyl (C=O) groups excluding carboxylic acids is 1. The van der Waals surface area contributed by atoms with E-state index >= 15 is 0 Å². The summed E-state index contributed by atoms with van der Waals surface area (Å²) < 4.78 is 4.66. The van der Waals surface area contributed by atoms with Crippen LogP contribution in [0.5, 0.6) is 0 Å². The Bertz CT molecular complexity index is 298. The molecule has 0 spiro atoms. The molecule has 0 radical (unpaired) electrons. The first kappa shape index (κ1) is 10.6. The topological polar surface area (TPSA) is 46.5 Å². The second-order valence-corrected chi connectivity index (χ2v) is 6.07. The fourth-order valence-corrected chi connectivity index (χ4v) is 4.85. The van der Waals surface area contributed by atoms with Crippen molar-refractivity contribution in [3.8, 4) is 0 Å². The third-order valence-corrected chi connectivity index (χ3v) is 5.30. The molecule has 0 aromatic carbocycles. The maximum absolute atomic E-state index is 11.3. The van der Waals surface area contributed by atoms with Crippen LogP contribution in [0, 0.1) is 23.2 Å². The largest absolute Gasteiger partial charge is 0.469 e. The van der Waals surface area contributed by atoms with Gasteiger partial charge in [0.15, 0.2) is 0 Å². The molecule has 4 aliphatic rings. The number of hydrogen-bond acceptors (Lipinski definition) is 3. The lowest BCUT2D eigenvalue weighted by molar-refractivity contribution is -0.145. The number of rotatable bonds is 3. The summed E-state index contributed by atoms with van der Waals surface area (Å²) in [4.78, 5) is 11.3. The van der Waals surface area contributed by atoms with Gasteiger partial charge in [0, 0.05) is 5.41 Å². The number of ether oxygens (including phenoxy) is 1. The smallest absolute Gasteiger partial charge is 0.308 e. The van der Waals surface area contributed by atoms with Crippen molar-refractivity contribution in [3.05, 3.63) is 0 Å². The average Bonchev–Trinajstić information content (AvgIpc) is 2.65. The molecule has 4 aliphatic carbocycles. The van der Waals surface area contributed by atoms with E-state index in [-0.39, 0.29) is 17.8 Å². The maximum Gasteiger partial charge on any atom is 0.308 e. The highest BCUT2D eigenvalue weighted by atomic mass is 16.5. The van der Waals surface area contributed by atoms with Gasteiger partial charge in [0.05, 0.1) is 19.6 Å². The second-order valence-electron chi connectivity index (χ2n) is 6.07. The molecule has 0 saturated heterocycles. The Morgan fingerprint density at radius 3 is 2.56 bits per heavy atom. The first-order valence-electron chi connectivity index (χ1n) is 6.39. The maximum atomic E-state index is 11.3. The molecule has 0 aromatic heterocycles. The third-order valence-electron chi connectivity index (χ3n) is 5.30. The van der Waals surface area contributed by atoms with E-state index in [4.69, 9.17) is 0 Å². The minimum atomic E-state index is -0.472. The van der Waals surface area contributed by atoms with E-state index in [1.807, 2.05) is 0 Å². The van der Waals surface area contributed by atoms with E-state index in [0.717, 1.165) is 24.7 Å². The van der Waals surface area contributed by atoms with Crippen molar-refractivity contribution in [1.82, 2.24) is 0 Å². The summed E-state index contributed by atoms with van der Waals surface area (Å²) in [7, 11) is 1.39. The summed E-state index contributed by atoms with van der Waals surface area (Å²) in [5, 5.41) is 10.3. The first-order chi connectivity index (χ1) is 7.64. The second kappa shape index (κ2) is 3.46. The Morgan fingerprint density at radius 1 is 1.38 bits per heavy atom. The molecule has 0 amide bonds. The molecular weight excluding hydrogens is 204 g/mol. The van der Waals surface area contributed by atoms with Gasteiger partial charge >= 0.3 is 5.97 Å². The highest BCUT2D eigenvalue weighted by Crippen LogP contribution is 2.66. The van der Waals surface area contributed by atoms with Crippen molar-refractivity contribution in [2.75, 3.05) is 7.11 Å². The van der Waals surface area contributed by atoms with Gasteiger partial charge in [-0.3, -0.25) is 4.79 Å². The van der Waals surface area contributed by atoms with E-state index < -0.39 is 6.10 Å². The lowest BCUT2D eigenvalue weighted by Crippen LogP contribution is -2.38. The minimum absolute atomic E-state index is 0.0712. The van der Waals surface area contributed by atoms with Crippen molar-refractivity contribution < 1.29 is 14.6 Å². The van der Waals surface area contributed by atoms with Gasteiger partial charge in [0.1, 0.15) is 0 Å². The zero-order chi connectivity index (χ0) is 11.3. The van der Waals surface area contributed by atoms with Crippen molar-refractivity contribution in [1.29, 1.82) is 0 Å². The van der Waals surface area contributed by atoms with Crippen LogP contribution < -0.4 is 0 Å². The van der Waals surface area contributed by atoms with Crippen LogP contribution in [0.1, 0.15) is 38.5 Å². The molecule has 3 nitrogen and oxygen atoms in total. The Kier molecular flexibility index (Phi) is 2.29. The van der Waals surface area contributed by atoms with Crippen LogP contribution in [0.3, 0.4) is 0 Å². The van der Waals surface area contributed by atoms with Crippen molar-refractivity contribution in [2.24, 2.45) is 23.2 Å². The molecule has 0 heterocycles. The molecule has 90 valence electrons. The Morgan fingerprint density at radius 2 is 2.00 bits per heavy atom. The van der Waals surface area contributed by atoms with Gasteiger partial charge in [0.25, 0.3) is 0 Å². The number of carbonyl (C=O) groups is 1. The SMILES string of the molecule is COC(=O)C[C@@H](O)C12CC3CC(CC1C3)C2. The number of aliphatic hydroxyl groups is 1. The van der Waals surface area contributed by atoms with E-state index in [9.17, 15) is 9.90 Å². The summed E-state index contributed by atoms with van der Waals surface area (Å²) in [5.74, 6) is 2.05. The fourth-order valence-electron chi connectivity index (χ4n) is 4.85. The molecule has 0 aliphatic heterocycles. The van der Waals surface area contributed by atoms with Crippen LogP contribution in [0.15, 0.2) is 0 Å². The molecule has 16 heavy (non-hydrogen) atoms. The van der Waals surface area contributed by atoms with E-state index in [2.05, 4.69) is 4.74 Å². The quantitative estimate of drug-likeness (QED) is 0.743. The molecule has 3 heteroatoms. The zero-order valence-corrected chi connectivity index (χ0v) is 9.82. The predicted molar refractivity (Wildman–Crippen MR) is 58.6 cm³/mol. The highest BCUT2D eigenvalue weighted by Gasteiger charge is 2.60. The van der Waals surface area contributed by atoms with Crippen LogP contribution >= 0.6 is 0 Å². The van der Waals surface area contributed by atoms with Crippen LogP contribution in [0.4, 0.5) is 0 Å². The Hall–Kier alpha value is -0.570.